The minimum absolute atomic E-state index is 0.0766. The Hall–Kier alpha value is -0.900. The maximum Gasteiger partial charge on any atom is 0.104 e. The molecule has 132 valence electrons. The van der Waals surface area contributed by atoms with E-state index in [9.17, 15) is 0 Å². The Morgan fingerprint density at radius 1 is 1.17 bits per heavy atom. The highest BCUT2D eigenvalue weighted by atomic mass is 32.1. The predicted octanol–water partition coefficient (Wildman–Crippen LogP) is 2.17. The molecule has 0 spiro atoms. The number of ether oxygens (including phenoxy) is 1. The van der Waals surface area contributed by atoms with Gasteiger partial charge in [-0.3, -0.25) is 4.90 Å². The number of aliphatic hydroxyl groups is 1. The zero-order valence-electron chi connectivity index (χ0n) is 14.4. The van der Waals surface area contributed by atoms with Crippen LogP contribution in [0.5, 0.6) is 0 Å². The van der Waals surface area contributed by atoms with Gasteiger partial charge in [0.15, 0.2) is 0 Å². The average molecular weight is 349 g/mol. The van der Waals surface area contributed by atoms with E-state index in [1.807, 2.05) is 0 Å². The van der Waals surface area contributed by atoms with Crippen LogP contribution < -0.4 is 0 Å². The van der Waals surface area contributed by atoms with Gasteiger partial charge in [0.1, 0.15) is 6.61 Å². The maximum absolute atomic E-state index is 8.79. The lowest BCUT2D eigenvalue weighted by atomic mass is 10.1. The molecule has 0 bridgehead atoms. The summed E-state index contributed by atoms with van der Waals surface area (Å²) in [6, 6.07) is 2.15. The van der Waals surface area contributed by atoms with Crippen LogP contribution in [0.15, 0.2) is 11.4 Å². The van der Waals surface area contributed by atoms with Gasteiger partial charge in [-0.05, 0) is 38.4 Å². The molecule has 3 rings (SSSR count). The number of aliphatic hydroxyl groups excluding tert-OH is 1. The number of piperidine rings is 1. The van der Waals surface area contributed by atoms with Gasteiger partial charge in [0.2, 0.25) is 0 Å². The Morgan fingerprint density at radius 2 is 2.00 bits per heavy atom. The van der Waals surface area contributed by atoms with Crippen LogP contribution in [0.3, 0.4) is 0 Å². The minimum atomic E-state index is -0.0766. The molecule has 2 aliphatic heterocycles. The molecular formula is C19H28N2O2S. The summed E-state index contributed by atoms with van der Waals surface area (Å²) in [6.45, 7) is 7.45. The molecule has 2 saturated heterocycles. The lowest BCUT2D eigenvalue weighted by Gasteiger charge is -2.31. The topological polar surface area (TPSA) is 35.9 Å². The van der Waals surface area contributed by atoms with Gasteiger partial charge in [-0.1, -0.05) is 18.3 Å². The fraction of sp³-hybridized carbons (Fsp3) is 0.684. The van der Waals surface area contributed by atoms with E-state index in [-0.39, 0.29) is 6.61 Å². The average Bonchev–Trinajstić information content (AvgIpc) is 2.93. The lowest BCUT2D eigenvalue weighted by Crippen LogP contribution is -2.42. The summed E-state index contributed by atoms with van der Waals surface area (Å²) in [4.78, 5) is 6.44. The number of rotatable bonds is 4. The van der Waals surface area contributed by atoms with E-state index >= 15 is 0 Å². The van der Waals surface area contributed by atoms with Crippen LogP contribution in [-0.2, 0) is 11.3 Å². The first-order valence-corrected chi connectivity index (χ1v) is 9.95. The largest absolute Gasteiger partial charge is 0.384 e. The molecule has 1 atom stereocenters. The van der Waals surface area contributed by atoms with Crippen molar-refractivity contribution in [2.45, 2.75) is 38.3 Å². The van der Waals surface area contributed by atoms with Gasteiger partial charge in [0.25, 0.3) is 0 Å². The molecule has 1 unspecified atom stereocenters. The second-order valence-corrected chi connectivity index (χ2v) is 7.70. The number of hydrogen-bond donors (Lipinski definition) is 1. The van der Waals surface area contributed by atoms with Crippen molar-refractivity contribution < 1.29 is 9.84 Å². The molecule has 0 aliphatic carbocycles. The Bertz CT molecular complexity index is 557. The van der Waals surface area contributed by atoms with Crippen molar-refractivity contribution in [1.82, 2.24) is 9.80 Å². The summed E-state index contributed by atoms with van der Waals surface area (Å²) < 4.78 is 6.10. The summed E-state index contributed by atoms with van der Waals surface area (Å²) in [5.74, 6) is 5.70. The van der Waals surface area contributed by atoms with Crippen LogP contribution in [-0.4, -0.2) is 66.9 Å². The molecule has 0 saturated carbocycles. The molecule has 4 nitrogen and oxygen atoms in total. The van der Waals surface area contributed by atoms with Crippen LogP contribution in [0, 0.1) is 11.8 Å². The highest BCUT2D eigenvalue weighted by Gasteiger charge is 2.22. The van der Waals surface area contributed by atoms with E-state index < -0.39 is 0 Å². The van der Waals surface area contributed by atoms with E-state index in [1.165, 1.54) is 37.2 Å². The number of hydrogen-bond acceptors (Lipinski definition) is 5. The van der Waals surface area contributed by atoms with E-state index in [0.29, 0.717) is 6.10 Å². The fourth-order valence-corrected chi connectivity index (χ4v) is 4.40. The van der Waals surface area contributed by atoms with Gasteiger partial charge in [0.05, 0.1) is 6.10 Å². The lowest BCUT2D eigenvalue weighted by molar-refractivity contribution is 0.0218. The summed E-state index contributed by atoms with van der Waals surface area (Å²) in [5, 5.41) is 10.9. The van der Waals surface area contributed by atoms with Gasteiger partial charge in [-0.2, -0.15) is 0 Å². The third kappa shape index (κ3) is 5.58. The van der Waals surface area contributed by atoms with Crippen molar-refractivity contribution in [2.24, 2.45) is 0 Å². The van der Waals surface area contributed by atoms with Crippen molar-refractivity contribution >= 4 is 11.3 Å². The van der Waals surface area contributed by atoms with Crippen LogP contribution in [0.25, 0.3) is 0 Å². The smallest absolute Gasteiger partial charge is 0.104 e. The Balaban J connectivity index is 1.53. The van der Waals surface area contributed by atoms with Crippen LogP contribution >= 0.6 is 11.3 Å². The highest BCUT2D eigenvalue weighted by molar-refractivity contribution is 7.10. The van der Waals surface area contributed by atoms with Crippen LogP contribution in [0.2, 0.25) is 0 Å². The van der Waals surface area contributed by atoms with Crippen LogP contribution in [0.4, 0.5) is 0 Å². The number of likely N-dealkylation sites (tertiary alicyclic amines) is 1. The Kier molecular flexibility index (Phi) is 7.13. The van der Waals surface area contributed by atoms with E-state index in [2.05, 4.69) is 33.1 Å². The van der Waals surface area contributed by atoms with Gasteiger partial charge in [0, 0.05) is 48.6 Å². The Labute approximate surface area is 149 Å². The first-order valence-electron chi connectivity index (χ1n) is 9.07. The summed E-state index contributed by atoms with van der Waals surface area (Å²) >= 11 is 1.76. The van der Waals surface area contributed by atoms with E-state index in [4.69, 9.17) is 9.84 Å². The van der Waals surface area contributed by atoms with E-state index in [1.54, 1.807) is 11.3 Å². The molecule has 1 aromatic heterocycles. The molecule has 3 heterocycles. The van der Waals surface area contributed by atoms with Crippen molar-refractivity contribution in [3.63, 3.8) is 0 Å². The first-order chi connectivity index (χ1) is 11.8. The fourth-order valence-electron chi connectivity index (χ4n) is 3.55. The summed E-state index contributed by atoms with van der Waals surface area (Å²) in [6.07, 6.45) is 5.50. The zero-order chi connectivity index (χ0) is 16.6. The molecule has 2 aliphatic rings. The van der Waals surface area contributed by atoms with Gasteiger partial charge in [-0.25, -0.2) is 0 Å². The minimum Gasteiger partial charge on any atom is -0.384 e. The molecule has 1 N–H and O–H groups in total. The summed E-state index contributed by atoms with van der Waals surface area (Å²) in [7, 11) is 0. The van der Waals surface area contributed by atoms with Gasteiger partial charge < -0.3 is 14.7 Å². The summed E-state index contributed by atoms with van der Waals surface area (Å²) in [5.41, 5.74) is 1.01. The molecule has 24 heavy (non-hydrogen) atoms. The predicted molar refractivity (Wildman–Crippen MR) is 98.2 cm³/mol. The molecule has 0 radical (unpaired) electrons. The normalized spacial score (nSPS) is 23.5. The third-order valence-corrected chi connectivity index (χ3v) is 5.61. The molecule has 1 aromatic rings. The van der Waals surface area contributed by atoms with Gasteiger partial charge in [-0.15, -0.1) is 11.3 Å². The van der Waals surface area contributed by atoms with Gasteiger partial charge >= 0.3 is 0 Å². The maximum atomic E-state index is 8.79. The SMILES string of the molecule is OCC#Cc1csc(CN2CCCOC(CN3CCCCC3)C2)c1. The molecular weight excluding hydrogens is 320 g/mol. The monoisotopic (exact) mass is 348 g/mol. The van der Waals surface area contributed by atoms with Crippen LogP contribution in [0.1, 0.15) is 36.1 Å². The molecule has 0 amide bonds. The standard InChI is InChI=1S/C19H28N2O2S/c22-10-4-6-17-12-19(24-16-17)15-21-9-5-11-23-18(14-21)13-20-7-2-1-3-8-20/h12,16,18,22H,1-3,5,7-11,13-15H2. The number of thiophene rings is 1. The first kappa shape index (κ1) is 17.9. The van der Waals surface area contributed by atoms with Crippen molar-refractivity contribution in [3.8, 4) is 11.8 Å². The highest BCUT2D eigenvalue weighted by Crippen LogP contribution is 2.19. The Morgan fingerprint density at radius 3 is 2.83 bits per heavy atom. The van der Waals surface area contributed by atoms with Crippen molar-refractivity contribution in [1.29, 1.82) is 0 Å². The molecule has 5 heteroatoms. The quantitative estimate of drug-likeness (QED) is 0.846. The van der Waals surface area contributed by atoms with Crippen molar-refractivity contribution in [3.05, 3.63) is 21.9 Å². The second kappa shape index (κ2) is 9.55. The second-order valence-electron chi connectivity index (χ2n) is 6.70. The number of nitrogens with zero attached hydrogens (tertiary/aromatic N) is 2. The van der Waals surface area contributed by atoms with Crippen molar-refractivity contribution in [2.75, 3.05) is 45.9 Å². The molecule has 2 fully saturated rings. The zero-order valence-corrected chi connectivity index (χ0v) is 15.2. The third-order valence-electron chi connectivity index (χ3n) is 4.69. The molecule has 0 aromatic carbocycles. The van der Waals surface area contributed by atoms with E-state index in [0.717, 1.165) is 44.8 Å².